The molecule has 0 radical (unpaired) electrons. The van der Waals surface area contributed by atoms with Crippen LogP contribution in [0.3, 0.4) is 0 Å². The topological polar surface area (TPSA) is 127 Å². The molecule has 0 spiro atoms. The fraction of sp³-hybridized carbons (Fsp3) is 0.0213. The normalized spacial score (nSPS) is 11.8. The quantitative estimate of drug-likeness (QED) is 0.0649. The van der Waals surface area contributed by atoms with E-state index in [4.69, 9.17) is 21.1 Å². The lowest BCUT2D eigenvalue weighted by atomic mass is 10.0. The minimum atomic E-state index is -1.79. The fourth-order valence-corrected chi connectivity index (χ4v) is 7.44. The van der Waals surface area contributed by atoms with Crippen LogP contribution >= 0.6 is 0 Å². The monoisotopic (exact) mass is 788 g/mol. The van der Waals surface area contributed by atoms with Gasteiger partial charge in [0.15, 0.2) is 17.4 Å². The third-order valence-electron chi connectivity index (χ3n) is 9.93. The van der Waals surface area contributed by atoms with Gasteiger partial charge in [-0.05, 0) is 102 Å². The van der Waals surface area contributed by atoms with Gasteiger partial charge in [-0.1, -0.05) is 42.3 Å². The van der Waals surface area contributed by atoms with Gasteiger partial charge >= 0.3 is 0 Å². The summed E-state index contributed by atoms with van der Waals surface area (Å²) >= 11 is 0. The van der Waals surface area contributed by atoms with E-state index in [1.54, 1.807) is 72.8 Å². The molecule has 7 aromatic rings. The number of aromatic nitrogens is 4. The van der Waals surface area contributed by atoms with Crippen molar-refractivity contribution in [3.8, 4) is 79.8 Å². The van der Waals surface area contributed by atoms with Gasteiger partial charge in [0.25, 0.3) is 0 Å². The zero-order valence-corrected chi connectivity index (χ0v) is 30.5. The van der Waals surface area contributed by atoms with Crippen molar-refractivity contribution < 1.29 is 37.6 Å². The molecule has 0 amide bonds. The highest BCUT2D eigenvalue weighted by Gasteiger charge is 2.30. The van der Waals surface area contributed by atoms with Crippen LogP contribution in [0.25, 0.3) is 90.9 Å². The Morgan fingerprint density at radius 2 is 0.847 bits per heavy atom. The van der Waals surface area contributed by atoms with Crippen LogP contribution in [0, 0.1) is 35.6 Å². The molecule has 2 aliphatic heterocycles. The minimum Gasteiger partial charge on any atom is -0.508 e. The van der Waals surface area contributed by atoms with Gasteiger partial charge in [-0.15, -0.1) is 6.42 Å². The van der Waals surface area contributed by atoms with E-state index >= 15 is 17.6 Å². The number of hydrogen-bond donors (Lipinski definition) is 5. The molecule has 5 heterocycles. The van der Waals surface area contributed by atoms with Crippen molar-refractivity contribution in [1.29, 1.82) is 0 Å². The zero-order valence-electron chi connectivity index (χ0n) is 30.5. The molecule has 2 aliphatic rings. The highest BCUT2D eigenvalue weighted by atomic mass is 19.2. The Balaban J connectivity index is 1.49. The van der Waals surface area contributed by atoms with Crippen LogP contribution in [0.5, 0.6) is 23.0 Å². The molecule has 4 aromatic carbocycles. The highest BCUT2D eigenvalue weighted by Crippen LogP contribution is 2.42. The second-order valence-corrected chi connectivity index (χ2v) is 13.6. The summed E-state index contributed by atoms with van der Waals surface area (Å²) in [4.78, 5) is 16.6. The van der Waals surface area contributed by atoms with Crippen molar-refractivity contribution in [3.05, 3.63) is 143 Å². The maximum Gasteiger partial charge on any atom is 0.204 e. The summed E-state index contributed by atoms with van der Waals surface area (Å²) < 4.78 is 68.9. The molecule has 0 unspecified atom stereocenters. The van der Waals surface area contributed by atoms with Gasteiger partial charge < -0.3 is 30.0 Å². The number of aromatic amines is 2. The number of hydrogen-bond acceptors (Lipinski definition) is 6. The summed E-state index contributed by atoms with van der Waals surface area (Å²) in [6, 6.07) is 26.2. The van der Waals surface area contributed by atoms with Gasteiger partial charge in [0.1, 0.15) is 23.9 Å². The molecule has 12 heteroatoms. The van der Waals surface area contributed by atoms with Gasteiger partial charge in [-0.25, -0.2) is 18.7 Å². The van der Waals surface area contributed by atoms with Crippen molar-refractivity contribution in [2.24, 2.45) is 0 Å². The lowest BCUT2D eigenvalue weighted by Crippen LogP contribution is -2.07. The molecular formula is C47H28F4N4O4. The molecule has 8 bridgehead atoms. The first-order chi connectivity index (χ1) is 28.6. The summed E-state index contributed by atoms with van der Waals surface area (Å²) in [6.07, 6.45) is 11.8. The van der Waals surface area contributed by atoms with E-state index in [0.717, 1.165) is 0 Å². The predicted octanol–water partition coefficient (Wildman–Crippen LogP) is 11.0. The minimum absolute atomic E-state index is 0.0168. The maximum atomic E-state index is 16.3. The number of H-pyrrole nitrogens is 2. The second kappa shape index (κ2) is 14.5. The number of fused-ring (bicyclic) bond motifs is 8. The van der Waals surface area contributed by atoms with Crippen molar-refractivity contribution in [2.75, 3.05) is 6.61 Å². The number of phenolic OH excluding ortho intramolecular Hbond substituents is 3. The molecule has 59 heavy (non-hydrogen) atoms. The molecule has 288 valence electrons. The Kier molecular flexibility index (Phi) is 8.98. The van der Waals surface area contributed by atoms with Crippen LogP contribution in [-0.2, 0) is 0 Å². The number of terminal acetylenes is 1. The molecule has 0 saturated carbocycles. The van der Waals surface area contributed by atoms with Crippen LogP contribution in [0.1, 0.15) is 22.8 Å². The van der Waals surface area contributed by atoms with Crippen LogP contribution in [0.2, 0.25) is 0 Å². The Morgan fingerprint density at radius 3 is 1.20 bits per heavy atom. The van der Waals surface area contributed by atoms with Crippen molar-refractivity contribution in [3.63, 3.8) is 0 Å². The van der Waals surface area contributed by atoms with E-state index in [0.29, 0.717) is 61.3 Å². The largest absolute Gasteiger partial charge is 0.508 e. The van der Waals surface area contributed by atoms with E-state index < -0.39 is 41.2 Å². The Labute approximate surface area is 332 Å². The van der Waals surface area contributed by atoms with Crippen molar-refractivity contribution in [1.82, 2.24) is 19.9 Å². The van der Waals surface area contributed by atoms with E-state index in [2.05, 4.69) is 9.97 Å². The van der Waals surface area contributed by atoms with Crippen LogP contribution < -0.4 is 4.74 Å². The first kappa shape index (κ1) is 36.6. The fourth-order valence-electron chi connectivity index (χ4n) is 7.44. The first-order valence-corrected chi connectivity index (χ1v) is 18.1. The number of nitrogens with one attached hydrogen (secondary N) is 2. The number of benzene rings is 4. The standard InChI is InChI=1S/C47H28F4N4O4/c1-2-20-59-47-45(50)43(48)42(44(49)46(47)51)41-36-18-16-34(54-36)39(25-7-4-10-28(57)22-25)32-14-12-30(52-32)38(24-6-3-9-27(56)21-24)31-13-15-33(53-31)40(35-17-19-37(41)55-35)26-8-5-11-29(58)23-26/h1,3-19,21-23,52,55-58H,20H2. The van der Waals surface area contributed by atoms with Crippen LogP contribution in [0.15, 0.2) is 97.1 Å². The smallest absolute Gasteiger partial charge is 0.204 e. The Hall–Kier alpha value is -8.04. The third kappa shape index (κ3) is 6.40. The second-order valence-electron chi connectivity index (χ2n) is 13.6. The van der Waals surface area contributed by atoms with Gasteiger partial charge in [0.05, 0.1) is 28.3 Å². The van der Waals surface area contributed by atoms with Crippen LogP contribution in [0.4, 0.5) is 17.6 Å². The maximum absolute atomic E-state index is 16.3. The molecular weight excluding hydrogens is 761 g/mol. The average molecular weight is 789 g/mol. The van der Waals surface area contributed by atoms with Crippen LogP contribution in [-0.4, -0.2) is 41.9 Å². The number of nitrogens with zero attached hydrogens (tertiary/aromatic N) is 2. The Morgan fingerprint density at radius 1 is 0.492 bits per heavy atom. The molecule has 0 atom stereocenters. The highest BCUT2D eigenvalue weighted by molar-refractivity contribution is 6.00. The molecule has 3 aromatic heterocycles. The van der Waals surface area contributed by atoms with Gasteiger partial charge in [-0.2, -0.15) is 8.78 Å². The van der Waals surface area contributed by atoms with Gasteiger partial charge in [-0.3, -0.25) is 0 Å². The molecule has 0 fully saturated rings. The van der Waals surface area contributed by atoms with E-state index in [9.17, 15) is 15.3 Å². The van der Waals surface area contributed by atoms with E-state index in [1.165, 1.54) is 36.4 Å². The summed E-state index contributed by atoms with van der Waals surface area (Å²) in [7, 11) is 0. The van der Waals surface area contributed by atoms with E-state index in [-0.39, 0.29) is 39.7 Å². The molecule has 9 rings (SSSR count). The number of phenols is 3. The SMILES string of the molecule is C#CCOc1c(F)c(F)c(-c2c3nc(c(-c4cccc(O)c4)c4ccc([nH]4)c(-c4cccc(O)c4)c4nc(c(-c5cccc(O)c5)c5ccc2[nH]5)C=C4)C=C3)c(F)c1F. The summed E-state index contributed by atoms with van der Waals surface area (Å²) in [5.41, 5.74) is 4.38. The third-order valence-corrected chi connectivity index (χ3v) is 9.93. The van der Waals surface area contributed by atoms with E-state index in [1.807, 2.05) is 18.1 Å². The average Bonchev–Trinajstić information content (AvgIpc) is 4.06. The Bertz CT molecular complexity index is 3110. The molecule has 8 nitrogen and oxygen atoms in total. The number of rotatable bonds is 6. The number of ether oxygens (including phenoxy) is 1. The van der Waals surface area contributed by atoms with Crippen molar-refractivity contribution in [2.45, 2.75) is 0 Å². The lowest BCUT2D eigenvalue weighted by molar-refractivity contribution is 0.307. The van der Waals surface area contributed by atoms with Crippen molar-refractivity contribution >= 4 is 46.4 Å². The predicted molar refractivity (Wildman–Crippen MR) is 220 cm³/mol. The molecule has 0 saturated heterocycles. The number of halogens is 4. The van der Waals surface area contributed by atoms with Gasteiger partial charge in [0.2, 0.25) is 11.6 Å². The molecule has 5 N–H and O–H groups in total. The lowest BCUT2D eigenvalue weighted by Gasteiger charge is -2.13. The number of aromatic hydroxyl groups is 3. The van der Waals surface area contributed by atoms with Gasteiger partial charge in [0, 0.05) is 44.3 Å². The first-order valence-electron chi connectivity index (χ1n) is 18.1. The summed E-state index contributed by atoms with van der Waals surface area (Å²) in [5.74, 6) is -6.43. The zero-order chi connectivity index (χ0) is 40.9. The molecule has 0 aliphatic carbocycles. The summed E-state index contributed by atoms with van der Waals surface area (Å²) in [5, 5.41) is 31.7. The summed E-state index contributed by atoms with van der Waals surface area (Å²) in [6.45, 7) is -0.650.